The zero-order valence-corrected chi connectivity index (χ0v) is 12.4. The minimum absolute atomic E-state index is 0.151. The fraction of sp³-hybridized carbons (Fsp3) is 0.800. The van der Waals surface area contributed by atoms with Crippen molar-refractivity contribution in [3.8, 4) is 0 Å². The number of hydrogen-bond acceptors (Lipinski definition) is 4. The molecule has 0 bridgehead atoms. The highest BCUT2D eigenvalue weighted by Gasteiger charge is 2.39. The van der Waals surface area contributed by atoms with Crippen LogP contribution in [-0.4, -0.2) is 60.0 Å². The predicted molar refractivity (Wildman–Crippen MR) is 78.7 cm³/mol. The van der Waals surface area contributed by atoms with Crippen molar-refractivity contribution in [3.05, 3.63) is 18.0 Å². The molecule has 2 fully saturated rings. The van der Waals surface area contributed by atoms with Crippen LogP contribution in [0.25, 0.3) is 0 Å². The molecule has 2 aliphatic rings. The highest BCUT2D eigenvalue weighted by atomic mass is 16.5. The van der Waals surface area contributed by atoms with Crippen molar-refractivity contribution in [3.63, 3.8) is 0 Å². The van der Waals surface area contributed by atoms with Gasteiger partial charge in [-0.25, -0.2) is 0 Å². The van der Waals surface area contributed by atoms with Gasteiger partial charge in [0, 0.05) is 25.4 Å². The maximum absolute atomic E-state index is 6.16. The summed E-state index contributed by atoms with van der Waals surface area (Å²) in [6.45, 7) is 4.22. The lowest BCUT2D eigenvalue weighted by Crippen LogP contribution is -2.52. The van der Waals surface area contributed by atoms with Crippen molar-refractivity contribution in [2.24, 2.45) is 0 Å². The molecule has 2 N–H and O–H groups in total. The first-order chi connectivity index (χ1) is 9.77. The normalized spacial score (nSPS) is 26.2. The van der Waals surface area contributed by atoms with E-state index in [0.717, 1.165) is 39.1 Å². The number of nitrogens with one attached hydrogen (secondary N) is 2. The maximum atomic E-state index is 6.16. The third-order valence-electron chi connectivity index (χ3n) is 4.91. The summed E-state index contributed by atoms with van der Waals surface area (Å²) in [5.74, 6) is 0. The van der Waals surface area contributed by atoms with Crippen LogP contribution in [-0.2, 0) is 11.2 Å². The van der Waals surface area contributed by atoms with Gasteiger partial charge in [-0.05, 0) is 57.8 Å². The number of hydrogen-bond donors (Lipinski definition) is 2. The van der Waals surface area contributed by atoms with E-state index in [1.54, 1.807) is 0 Å². The number of nitrogens with zero attached hydrogens (tertiary/aromatic N) is 2. The number of aromatic amines is 1. The summed E-state index contributed by atoms with van der Waals surface area (Å²) in [5, 5.41) is 10.3. The van der Waals surface area contributed by atoms with Gasteiger partial charge in [0.2, 0.25) is 0 Å². The van der Waals surface area contributed by atoms with Gasteiger partial charge in [-0.2, -0.15) is 5.10 Å². The summed E-state index contributed by atoms with van der Waals surface area (Å²) in [6, 6.07) is 0.661. The Labute approximate surface area is 121 Å². The molecule has 5 nitrogen and oxygen atoms in total. The van der Waals surface area contributed by atoms with Crippen LogP contribution in [0.2, 0.25) is 0 Å². The van der Waals surface area contributed by atoms with Crippen molar-refractivity contribution in [1.82, 2.24) is 20.4 Å². The van der Waals surface area contributed by atoms with E-state index in [1.165, 1.54) is 24.8 Å². The Balaban J connectivity index is 1.53. The van der Waals surface area contributed by atoms with Gasteiger partial charge < -0.3 is 15.0 Å². The first kappa shape index (κ1) is 14.0. The molecule has 0 saturated carbocycles. The number of rotatable bonds is 4. The highest BCUT2D eigenvalue weighted by Crippen LogP contribution is 2.34. The molecule has 20 heavy (non-hydrogen) atoms. The van der Waals surface area contributed by atoms with E-state index in [4.69, 9.17) is 4.74 Å². The molecule has 3 heterocycles. The minimum Gasteiger partial charge on any atom is -0.375 e. The SMILES string of the molecule is CN(CCc1cn[nH]c1)C1CCOC2(CCNCC2)C1. The van der Waals surface area contributed by atoms with E-state index >= 15 is 0 Å². The van der Waals surface area contributed by atoms with Gasteiger partial charge >= 0.3 is 0 Å². The Morgan fingerprint density at radius 2 is 2.30 bits per heavy atom. The van der Waals surface area contributed by atoms with Crippen molar-refractivity contribution < 1.29 is 4.74 Å². The van der Waals surface area contributed by atoms with Gasteiger partial charge in [-0.15, -0.1) is 0 Å². The number of aromatic nitrogens is 2. The fourth-order valence-corrected chi connectivity index (χ4v) is 3.51. The van der Waals surface area contributed by atoms with Crippen molar-refractivity contribution >= 4 is 0 Å². The Kier molecular flexibility index (Phi) is 4.38. The summed E-state index contributed by atoms with van der Waals surface area (Å²) >= 11 is 0. The van der Waals surface area contributed by atoms with E-state index in [-0.39, 0.29) is 5.60 Å². The van der Waals surface area contributed by atoms with Crippen LogP contribution >= 0.6 is 0 Å². The Bertz CT molecular complexity index is 395. The second-order valence-corrected chi connectivity index (χ2v) is 6.27. The molecular formula is C15H26N4O. The number of likely N-dealkylation sites (N-methyl/N-ethyl adjacent to an activating group) is 1. The van der Waals surface area contributed by atoms with Crippen LogP contribution in [0.1, 0.15) is 31.2 Å². The molecule has 1 atom stereocenters. The third kappa shape index (κ3) is 3.22. The molecular weight excluding hydrogens is 252 g/mol. The predicted octanol–water partition coefficient (Wildman–Crippen LogP) is 1.19. The van der Waals surface area contributed by atoms with Crippen LogP contribution in [0.3, 0.4) is 0 Å². The van der Waals surface area contributed by atoms with Gasteiger partial charge in [-0.3, -0.25) is 5.10 Å². The van der Waals surface area contributed by atoms with E-state index < -0.39 is 0 Å². The first-order valence-electron chi connectivity index (χ1n) is 7.80. The van der Waals surface area contributed by atoms with Crippen molar-refractivity contribution in [2.75, 3.05) is 33.3 Å². The van der Waals surface area contributed by atoms with Crippen LogP contribution in [0.5, 0.6) is 0 Å². The van der Waals surface area contributed by atoms with Gasteiger partial charge in [0.1, 0.15) is 0 Å². The van der Waals surface area contributed by atoms with E-state index in [0.29, 0.717) is 6.04 Å². The average molecular weight is 278 g/mol. The lowest BCUT2D eigenvalue weighted by molar-refractivity contribution is -0.118. The molecule has 0 aliphatic carbocycles. The molecule has 1 unspecified atom stereocenters. The molecule has 5 heteroatoms. The Morgan fingerprint density at radius 1 is 1.45 bits per heavy atom. The maximum Gasteiger partial charge on any atom is 0.0721 e. The second kappa shape index (κ2) is 6.24. The Morgan fingerprint density at radius 3 is 3.05 bits per heavy atom. The smallest absolute Gasteiger partial charge is 0.0721 e. The van der Waals surface area contributed by atoms with Crippen LogP contribution < -0.4 is 5.32 Å². The van der Waals surface area contributed by atoms with E-state index in [2.05, 4.69) is 27.5 Å². The van der Waals surface area contributed by atoms with Gasteiger partial charge in [0.05, 0.1) is 11.8 Å². The molecule has 1 aromatic rings. The molecule has 3 rings (SSSR count). The quantitative estimate of drug-likeness (QED) is 0.868. The zero-order valence-electron chi connectivity index (χ0n) is 12.4. The monoisotopic (exact) mass is 278 g/mol. The van der Waals surface area contributed by atoms with Gasteiger partial charge in [-0.1, -0.05) is 0 Å². The number of ether oxygens (including phenoxy) is 1. The highest BCUT2D eigenvalue weighted by molar-refractivity contribution is 5.03. The molecule has 0 radical (unpaired) electrons. The second-order valence-electron chi connectivity index (χ2n) is 6.27. The molecule has 1 spiro atoms. The van der Waals surface area contributed by atoms with Crippen molar-refractivity contribution in [2.45, 2.75) is 43.7 Å². The lowest BCUT2D eigenvalue weighted by atomic mass is 9.82. The average Bonchev–Trinajstić information content (AvgIpc) is 2.99. The summed E-state index contributed by atoms with van der Waals surface area (Å²) in [5.41, 5.74) is 1.44. The van der Waals surface area contributed by atoms with Crippen LogP contribution in [0.15, 0.2) is 12.4 Å². The van der Waals surface area contributed by atoms with Gasteiger partial charge in [0.25, 0.3) is 0 Å². The number of H-pyrrole nitrogens is 1. The summed E-state index contributed by atoms with van der Waals surface area (Å²) in [7, 11) is 2.25. The molecule has 1 aromatic heterocycles. The van der Waals surface area contributed by atoms with Crippen molar-refractivity contribution in [1.29, 1.82) is 0 Å². The third-order valence-corrected chi connectivity index (χ3v) is 4.91. The van der Waals surface area contributed by atoms with E-state index in [9.17, 15) is 0 Å². The molecule has 2 saturated heterocycles. The number of piperidine rings is 1. The Hall–Kier alpha value is -0.910. The lowest BCUT2D eigenvalue weighted by Gasteiger charge is -2.46. The van der Waals surface area contributed by atoms with Crippen LogP contribution in [0.4, 0.5) is 0 Å². The molecule has 2 aliphatic heterocycles. The molecule has 0 amide bonds. The minimum atomic E-state index is 0.151. The summed E-state index contributed by atoms with van der Waals surface area (Å²) in [4.78, 5) is 2.51. The summed E-state index contributed by atoms with van der Waals surface area (Å²) in [6.07, 6.45) is 9.67. The van der Waals surface area contributed by atoms with E-state index in [1.807, 2.05) is 12.4 Å². The fourth-order valence-electron chi connectivity index (χ4n) is 3.51. The van der Waals surface area contributed by atoms with Crippen LogP contribution in [0, 0.1) is 0 Å². The van der Waals surface area contributed by atoms with Gasteiger partial charge in [0.15, 0.2) is 0 Å². The first-order valence-corrected chi connectivity index (χ1v) is 7.80. The molecule has 112 valence electrons. The molecule has 0 aromatic carbocycles. The zero-order chi connectivity index (χ0) is 13.8. The summed E-state index contributed by atoms with van der Waals surface area (Å²) < 4.78 is 6.16. The standard InChI is InChI=1S/C15H26N4O/c1-19(8-2-13-11-17-18-12-13)14-3-9-20-15(10-14)4-6-16-7-5-15/h11-12,14,16H,2-10H2,1H3,(H,17,18). The largest absolute Gasteiger partial charge is 0.375 e. The topological polar surface area (TPSA) is 53.2 Å².